The highest BCUT2D eigenvalue weighted by Crippen LogP contribution is 2.39. The van der Waals surface area contributed by atoms with Crippen LogP contribution in [0.1, 0.15) is 67.1 Å². The maximum Gasteiger partial charge on any atom is 0.160 e. The first-order chi connectivity index (χ1) is 46.6. The Kier molecular flexibility index (Phi) is 19.5. The molecule has 4 nitrogen and oxygen atoms in total. The highest BCUT2D eigenvalue weighted by atomic mass is 14.9. The van der Waals surface area contributed by atoms with Crippen molar-refractivity contribution in [3.8, 4) is 134 Å². The minimum Gasteiger partial charge on any atom is -0.241 e. The minimum absolute atomic E-state index is 0.692. The number of aromatic nitrogens is 4. The molecule has 0 spiro atoms. The molecule has 95 heavy (non-hydrogen) atoms. The first kappa shape index (κ1) is 62.6. The molecule has 0 fully saturated rings. The molecule has 0 atom stereocenters. The second-order valence-corrected chi connectivity index (χ2v) is 25.1. The van der Waals surface area contributed by atoms with Gasteiger partial charge in [-0.1, -0.05) is 285 Å². The zero-order valence-corrected chi connectivity index (χ0v) is 55.0. The van der Waals surface area contributed by atoms with Gasteiger partial charge in [0.1, 0.15) is 5.82 Å². The summed E-state index contributed by atoms with van der Waals surface area (Å²) in [7, 11) is 0. The van der Waals surface area contributed by atoms with Crippen LogP contribution in [0, 0.1) is 27.7 Å². The number of benzene rings is 12. The molecule has 2 heterocycles. The van der Waals surface area contributed by atoms with Crippen molar-refractivity contribution < 1.29 is 0 Å². The summed E-state index contributed by atoms with van der Waals surface area (Å²) < 4.78 is 0. The Bertz CT molecular complexity index is 4640. The van der Waals surface area contributed by atoms with Crippen molar-refractivity contribution in [1.82, 2.24) is 19.9 Å². The molecule has 0 bridgehead atoms. The number of rotatable bonds is 18. The summed E-state index contributed by atoms with van der Waals surface area (Å²) in [5.41, 5.74) is 31.0. The van der Waals surface area contributed by atoms with Crippen molar-refractivity contribution in [2.75, 3.05) is 0 Å². The van der Waals surface area contributed by atoms with Crippen LogP contribution in [-0.4, -0.2) is 19.9 Å². The Morgan fingerprint density at radius 2 is 0.526 bits per heavy atom. The molecule has 0 aliphatic carbocycles. The summed E-state index contributed by atoms with van der Waals surface area (Å²) in [6.45, 7) is 10.8. The van der Waals surface area contributed by atoms with Crippen LogP contribution in [0.25, 0.3) is 134 Å². The van der Waals surface area contributed by atoms with Gasteiger partial charge in [0.05, 0.1) is 11.4 Å². The van der Waals surface area contributed by atoms with Crippen LogP contribution in [-0.2, 0) is 6.42 Å². The van der Waals surface area contributed by atoms with E-state index in [0.717, 1.165) is 80.1 Å². The lowest BCUT2D eigenvalue weighted by molar-refractivity contribution is 0.622. The van der Waals surface area contributed by atoms with Gasteiger partial charge in [-0.3, -0.25) is 0 Å². The highest BCUT2D eigenvalue weighted by Gasteiger charge is 2.17. The molecule has 4 heteroatoms. The largest absolute Gasteiger partial charge is 0.241 e. The summed E-state index contributed by atoms with van der Waals surface area (Å²) in [4.78, 5) is 20.0. The number of nitrogens with zero attached hydrogens (tertiary/aromatic N) is 4. The number of hydrogen-bond donors (Lipinski definition) is 0. The predicted molar refractivity (Wildman–Crippen MR) is 401 cm³/mol. The van der Waals surface area contributed by atoms with Crippen LogP contribution >= 0.6 is 0 Å². The maximum atomic E-state index is 5.20. The fourth-order valence-electron chi connectivity index (χ4n) is 12.5. The monoisotopic (exact) mass is 1230 g/mol. The van der Waals surface area contributed by atoms with Gasteiger partial charge in [0.25, 0.3) is 0 Å². The molecule has 14 rings (SSSR count). The molecule has 0 radical (unpaired) electrons. The van der Waals surface area contributed by atoms with Crippen LogP contribution in [0.2, 0.25) is 0 Å². The molecule has 0 amide bonds. The van der Waals surface area contributed by atoms with E-state index in [1.54, 1.807) is 0 Å². The molecule has 2 aromatic heterocycles. The van der Waals surface area contributed by atoms with E-state index in [1.165, 1.54) is 115 Å². The third-order valence-corrected chi connectivity index (χ3v) is 17.8. The number of hydrogen-bond acceptors (Lipinski definition) is 4. The first-order valence-corrected chi connectivity index (χ1v) is 33.4. The molecule has 12 aromatic carbocycles. The molecule has 0 N–H and O–H groups in total. The Balaban J connectivity index is 0.000000173. The van der Waals surface area contributed by atoms with Crippen LogP contribution in [0.4, 0.5) is 0 Å². The van der Waals surface area contributed by atoms with Gasteiger partial charge in [-0.05, 0) is 195 Å². The zero-order chi connectivity index (χ0) is 64.9. The van der Waals surface area contributed by atoms with E-state index in [2.05, 4.69) is 320 Å². The van der Waals surface area contributed by atoms with E-state index in [0.29, 0.717) is 5.82 Å². The van der Waals surface area contributed by atoms with Crippen LogP contribution in [0.15, 0.2) is 310 Å². The lowest BCUT2D eigenvalue weighted by Crippen LogP contribution is -1.97. The van der Waals surface area contributed by atoms with E-state index in [-0.39, 0.29) is 0 Å². The highest BCUT2D eigenvalue weighted by molar-refractivity contribution is 5.86. The van der Waals surface area contributed by atoms with E-state index >= 15 is 0 Å². The van der Waals surface area contributed by atoms with Crippen molar-refractivity contribution in [3.63, 3.8) is 0 Å². The van der Waals surface area contributed by atoms with Gasteiger partial charge >= 0.3 is 0 Å². The third kappa shape index (κ3) is 15.7. The topological polar surface area (TPSA) is 51.6 Å². The maximum absolute atomic E-state index is 5.20. The average Bonchev–Trinajstić information content (AvgIpc) is 0.860. The summed E-state index contributed by atoms with van der Waals surface area (Å²) in [5.74, 6) is 1.63. The van der Waals surface area contributed by atoms with Gasteiger partial charge < -0.3 is 0 Å². The van der Waals surface area contributed by atoms with E-state index in [1.807, 2.05) is 24.5 Å². The van der Waals surface area contributed by atoms with Crippen molar-refractivity contribution in [2.24, 2.45) is 0 Å². The lowest BCUT2D eigenvalue weighted by atomic mass is 9.91. The van der Waals surface area contributed by atoms with E-state index < -0.39 is 0 Å². The second-order valence-electron chi connectivity index (χ2n) is 25.1. The van der Waals surface area contributed by atoms with Crippen LogP contribution in [0.5, 0.6) is 0 Å². The van der Waals surface area contributed by atoms with Crippen LogP contribution in [0.3, 0.4) is 0 Å². The molecule has 0 saturated heterocycles. The van der Waals surface area contributed by atoms with Gasteiger partial charge in [0, 0.05) is 41.1 Å². The van der Waals surface area contributed by atoms with Gasteiger partial charge in [0.15, 0.2) is 5.82 Å². The van der Waals surface area contributed by atoms with E-state index in [9.17, 15) is 0 Å². The summed E-state index contributed by atoms with van der Waals surface area (Å²) in [6, 6.07) is 107. The Morgan fingerprint density at radius 1 is 0.221 bits per heavy atom. The van der Waals surface area contributed by atoms with Gasteiger partial charge in [-0.25, -0.2) is 19.9 Å². The fourth-order valence-corrected chi connectivity index (χ4v) is 12.5. The SMILES string of the molecule is CCCCCCCc1ncc(-c2cc(-c3cccc(-c4cccc(C)c4)c3)cc(-c3cccc(-c4cccc(C)c4)c3)c2)cn1.Cc1ccc(-c2cccc(-c3cc(-c4cccc(-c5ccc(C)cc5)c4)cc(-c4nc(-c5ccccc5)cc(-c5ccccc5)n4)c3)c2)cc1. The van der Waals surface area contributed by atoms with Crippen molar-refractivity contribution in [2.45, 2.75) is 73.1 Å². The van der Waals surface area contributed by atoms with Gasteiger partial charge in [0.2, 0.25) is 0 Å². The van der Waals surface area contributed by atoms with Crippen molar-refractivity contribution in [1.29, 1.82) is 0 Å². The quantitative estimate of drug-likeness (QED) is 0.0804. The number of unbranched alkanes of at least 4 members (excludes halogenated alkanes) is 4. The standard InChI is InChI=1S/C48H36N2.C43H42N2/c1-33-19-23-35(24-20-33)39-15-9-17-41(27-39)43-29-44(42-18-10-16-40(28-42)36-25-21-34(2)22-26-36)31-45(30-43)48-49-46(37-11-5-3-6-12-37)32-47(50-48)38-13-7-4-8-14-38;1-4-5-6-7-8-21-43-44-29-42(30-45-43)41-27-39(37-19-11-17-35(24-37)33-15-9-13-31(2)22-33)26-40(28-41)38-20-12-18-36(25-38)34-16-10-14-32(3)23-34/h3-32H,1-2H3;9-20,22-30H,4-8,21H2,1-3H3. The van der Waals surface area contributed by atoms with Gasteiger partial charge in [-0.2, -0.15) is 0 Å². The predicted octanol–water partition coefficient (Wildman–Crippen LogP) is 24.7. The lowest BCUT2D eigenvalue weighted by Gasteiger charge is -2.14. The fraction of sp³-hybridized carbons (Fsp3) is 0.121. The average molecular weight is 1230 g/mol. The molecular weight excluding hydrogens is 1150 g/mol. The first-order valence-electron chi connectivity index (χ1n) is 33.4. The minimum atomic E-state index is 0.692. The Morgan fingerprint density at radius 3 is 0.905 bits per heavy atom. The molecule has 14 aromatic rings. The normalized spacial score (nSPS) is 11.0. The summed E-state index contributed by atoms with van der Waals surface area (Å²) in [6.07, 6.45) is 11.2. The van der Waals surface area contributed by atoms with Gasteiger partial charge in [-0.15, -0.1) is 0 Å². The zero-order valence-electron chi connectivity index (χ0n) is 55.0. The molecule has 0 unspecified atom stereocenters. The van der Waals surface area contributed by atoms with Crippen LogP contribution < -0.4 is 0 Å². The smallest absolute Gasteiger partial charge is 0.160 e. The molecule has 0 aliphatic rings. The number of aryl methyl sites for hydroxylation is 5. The summed E-state index contributed by atoms with van der Waals surface area (Å²) in [5, 5.41) is 0. The molecule has 0 aliphatic heterocycles. The Labute approximate surface area is 561 Å². The molecule has 462 valence electrons. The van der Waals surface area contributed by atoms with Crippen molar-refractivity contribution in [3.05, 3.63) is 338 Å². The van der Waals surface area contributed by atoms with E-state index in [4.69, 9.17) is 19.9 Å². The third-order valence-electron chi connectivity index (χ3n) is 17.8. The Hall–Kier alpha value is -11.2. The van der Waals surface area contributed by atoms with Crippen molar-refractivity contribution >= 4 is 0 Å². The summed E-state index contributed by atoms with van der Waals surface area (Å²) >= 11 is 0. The molecular formula is C91H78N4. The molecule has 0 saturated carbocycles. The second kappa shape index (κ2) is 29.6.